The number of morpholine rings is 1. The Bertz CT molecular complexity index is 120. The van der Waals surface area contributed by atoms with E-state index in [2.05, 4.69) is 0 Å². The molecule has 0 unspecified atom stereocenters. The molecule has 1 heterocycles. The van der Waals surface area contributed by atoms with Gasteiger partial charge in [-0.25, -0.2) is 9.90 Å². The summed E-state index contributed by atoms with van der Waals surface area (Å²) < 4.78 is 5.03. The summed E-state index contributed by atoms with van der Waals surface area (Å²) in [5.74, 6) is -1.01. The summed E-state index contributed by atoms with van der Waals surface area (Å²) in [5.41, 5.74) is 0. The van der Waals surface area contributed by atoms with Gasteiger partial charge in [0.2, 0.25) is 0 Å². The standard InChI is InChI=1S/C6H10NO3/c8-6(9)5-7-1-3-10-4-2-7/h1-5H2. The lowest BCUT2D eigenvalue weighted by Crippen LogP contribution is -2.39. The molecule has 0 saturated carbocycles. The molecular formula is C6H10NO3. The molecule has 1 rings (SSSR count). The van der Waals surface area contributed by atoms with Crippen molar-refractivity contribution in [1.82, 2.24) is 4.90 Å². The number of hydrogen-bond donors (Lipinski definition) is 0. The van der Waals surface area contributed by atoms with E-state index in [1.165, 1.54) is 0 Å². The fourth-order valence-electron chi connectivity index (χ4n) is 0.942. The van der Waals surface area contributed by atoms with Gasteiger partial charge in [-0.15, -0.1) is 0 Å². The average Bonchev–Trinajstić information content (AvgIpc) is 1.88. The number of ether oxygens (including phenoxy) is 1. The van der Waals surface area contributed by atoms with Gasteiger partial charge in [-0.05, 0) is 0 Å². The van der Waals surface area contributed by atoms with Gasteiger partial charge in [-0.1, -0.05) is 0 Å². The molecule has 1 saturated heterocycles. The second kappa shape index (κ2) is 3.53. The van der Waals surface area contributed by atoms with Gasteiger partial charge < -0.3 is 4.74 Å². The van der Waals surface area contributed by atoms with Crippen LogP contribution in [0.1, 0.15) is 0 Å². The predicted molar refractivity (Wildman–Crippen MR) is 33.0 cm³/mol. The molecule has 1 aliphatic rings. The number of carbonyl (C=O) groups excluding carboxylic acids is 1. The fraction of sp³-hybridized carbons (Fsp3) is 0.833. The van der Waals surface area contributed by atoms with Gasteiger partial charge in [0.05, 0.1) is 13.2 Å². The maximum atomic E-state index is 10.1. The Kier molecular flexibility index (Phi) is 2.65. The normalized spacial score (nSPS) is 20.8. The molecule has 1 radical (unpaired) electrons. The first-order valence-corrected chi connectivity index (χ1v) is 3.29. The molecule has 0 aromatic carbocycles. The number of hydrogen-bond acceptors (Lipinski definition) is 3. The summed E-state index contributed by atoms with van der Waals surface area (Å²) in [6.45, 7) is 2.70. The second-order valence-corrected chi connectivity index (χ2v) is 2.26. The van der Waals surface area contributed by atoms with Crippen molar-refractivity contribution < 1.29 is 14.6 Å². The van der Waals surface area contributed by atoms with Gasteiger partial charge in [0.15, 0.2) is 0 Å². The number of nitrogens with zero attached hydrogens (tertiary/aromatic N) is 1. The van der Waals surface area contributed by atoms with Crippen LogP contribution >= 0.6 is 0 Å². The van der Waals surface area contributed by atoms with E-state index in [1.807, 2.05) is 0 Å². The highest BCUT2D eigenvalue weighted by Gasteiger charge is 2.13. The minimum Gasteiger partial charge on any atom is -0.379 e. The smallest absolute Gasteiger partial charge is 0.369 e. The Morgan fingerprint density at radius 2 is 2.00 bits per heavy atom. The maximum Gasteiger partial charge on any atom is 0.369 e. The zero-order chi connectivity index (χ0) is 7.40. The molecule has 0 spiro atoms. The molecule has 0 aromatic heterocycles. The molecule has 0 amide bonds. The van der Waals surface area contributed by atoms with Crippen molar-refractivity contribution >= 4 is 5.97 Å². The quantitative estimate of drug-likeness (QED) is 0.513. The summed E-state index contributed by atoms with van der Waals surface area (Å²) in [4.78, 5) is 11.9. The molecule has 0 bridgehead atoms. The van der Waals surface area contributed by atoms with Gasteiger partial charge in [0.25, 0.3) is 0 Å². The number of carbonyl (C=O) groups is 1. The third kappa shape index (κ3) is 2.33. The van der Waals surface area contributed by atoms with Crippen molar-refractivity contribution in [3.05, 3.63) is 0 Å². The summed E-state index contributed by atoms with van der Waals surface area (Å²) in [6, 6.07) is 0. The van der Waals surface area contributed by atoms with E-state index in [1.54, 1.807) is 4.90 Å². The molecule has 0 atom stereocenters. The SMILES string of the molecule is [O]C(=O)CN1CCOCC1. The molecule has 1 fully saturated rings. The van der Waals surface area contributed by atoms with Crippen molar-refractivity contribution in [3.63, 3.8) is 0 Å². The van der Waals surface area contributed by atoms with E-state index in [-0.39, 0.29) is 6.54 Å². The maximum absolute atomic E-state index is 10.1. The van der Waals surface area contributed by atoms with Crippen LogP contribution in [0.3, 0.4) is 0 Å². The Morgan fingerprint density at radius 3 is 2.50 bits per heavy atom. The number of rotatable bonds is 2. The highest BCUT2D eigenvalue weighted by Crippen LogP contribution is 1.94. The summed E-state index contributed by atoms with van der Waals surface area (Å²) >= 11 is 0. The van der Waals surface area contributed by atoms with Gasteiger partial charge in [0, 0.05) is 13.1 Å². The molecule has 0 N–H and O–H groups in total. The van der Waals surface area contributed by atoms with Crippen LogP contribution < -0.4 is 0 Å². The van der Waals surface area contributed by atoms with E-state index in [4.69, 9.17) is 4.74 Å². The molecule has 10 heavy (non-hydrogen) atoms. The highest BCUT2D eigenvalue weighted by molar-refractivity contribution is 5.68. The highest BCUT2D eigenvalue weighted by atomic mass is 16.5. The van der Waals surface area contributed by atoms with Crippen LogP contribution in [-0.4, -0.2) is 43.7 Å². The van der Waals surface area contributed by atoms with Crippen molar-refractivity contribution in [2.75, 3.05) is 32.8 Å². The molecule has 4 heteroatoms. The van der Waals surface area contributed by atoms with Gasteiger partial charge >= 0.3 is 5.97 Å². The summed E-state index contributed by atoms with van der Waals surface area (Å²) in [6.07, 6.45) is 0. The monoisotopic (exact) mass is 144 g/mol. The first-order valence-electron chi connectivity index (χ1n) is 3.29. The summed E-state index contributed by atoms with van der Waals surface area (Å²) in [5, 5.41) is 10.1. The molecule has 57 valence electrons. The third-order valence-electron chi connectivity index (χ3n) is 1.46. The Labute approximate surface area is 59.4 Å². The average molecular weight is 144 g/mol. The van der Waals surface area contributed by atoms with Crippen LogP contribution in [-0.2, 0) is 14.6 Å². The van der Waals surface area contributed by atoms with Gasteiger partial charge in [0.1, 0.15) is 6.54 Å². The molecular weight excluding hydrogens is 134 g/mol. The fourth-order valence-corrected chi connectivity index (χ4v) is 0.942. The Hall–Kier alpha value is -0.610. The lowest BCUT2D eigenvalue weighted by atomic mass is 10.4. The van der Waals surface area contributed by atoms with E-state index >= 15 is 0 Å². The first-order chi connectivity index (χ1) is 4.79. The van der Waals surface area contributed by atoms with Crippen molar-refractivity contribution in [2.24, 2.45) is 0 Å². The van der Waals surface area contributed by atoms with Gasteiger partial charge in [-0.2, -0.15) is 0 Å². The van der Waals surface area contributed by atoms with Crippen molar-refractivity contribution in [1.29, 1.82) is 0 Å². The van der Waals surface area contributed by atoms with Crippen LogP contribution in [0.25, 0.3) is 0 Å². The van der Waals surface area contributed by atoms with Crippen LogP contribution in [0.15, 0.2) is 0 Å². The zero-order valence-electron chi connectivity index (χ0n) is 5.71. The Balaban J connectivity index is 2.19. The van der Waals surface area contributed by atoms with Crippen LogP contribution in [0, 0.1) is 0 Å². The van der Waals surface area contributed by atoms with Crippen molar-refractivity contribution in [2.45, 2.75) is 0 Å². The summed E-state index contributed by atoms with van der Waals surface area (Å²) in [7, 11) is 0. The minimum absolute atomic E-state index is 0.0311. The first kappa shape index (κ1) is 7.50. The lowest BCUT2D eigenvalue weighted by molar-refractivity contribution is -0.145. The van der Waals surface area contributed by atoms with Crippen LogP contribution in [0.2, 0.25) is 0 Å². The Morgan fingerprint density at radius 1 is 1.40 bits per heavy atom. The van der Waals surface area contributed by atoms with E-state index in [0.717, 1.165) is 0 Å². The molecule has 4 nitrogen and oxygen atoms in total. The zero-order valence-corrected chi connectivity index (χ0v) is 5.71. The largest absolute Gasteiger partial charge is 0.379 e. The predicted octanol–water partition coefficient (Wildman–Crippen LogP) is -0.724. The van der Waals surface area contributed by atoms with Crippen LogP contribution in [0.5, 0.6) is 0 Å². The van der Waals surface area contributed by atoms with Gasteiger partial charge in [-0.3, -0.25) is 4.90 Å². The van der Waals surface area contributed by atoms with E-state index < -0.39 is 5.97 Å². The van der Waals surface area contributed by atoms with E-state index in [9.17, 15) is 9.90 Å². The topological polar surface area (TPSA) is 49.4 Å². The third-order valence-corrected chi connectivity index (χ3v) is 1.46. The van der Waals surface area contributed by atoms with Crippen molar-refractivity contribution in [3.8, 4) is 0 Å². The lowest BCUT2D eigenvalue weighted by Gasteiger charge is -2.23. The van der Waals surface area contributed by atoms with E-state index in [0.29, 0.717) is 26.3 Å². The van der Waals surface area contributed by atoms with Crippen LogP contribution in [0.4, 0.5) is 0 Å². The minimum atomic E-state index is -1.01. The second-order valence-electron chi connectivity index (χ2n) is 2.26. The molecule has 0 aromatic rings. The molecule has 0 aliphatic carbocycles. The molecule has 1 aliphatic heterocycles.